The Balaban J connectivity index is 5.22. The van der Waals surface area contributed by atoms with E-state index in [-0.39, 0.29) is 25.7 Å². The first kappa shape index (κ1) is 82.1. The molecule has 0 aromatic carbocycles. The number of phosphoric acid groups is 2. The second kappa shape index (κ2) is 58.7. The first-order chi connectivity index (χ1) is 40.5. The van der Waals surface area contributed by atoms with Gasteiger partial charge in [-0.3, -0.25) is 37.3 Å². The Morgan fingerprint density at radius 3 is 0.810 bits per heavy atom. The number of rotatable bonds is 65. The summed E-state index contributed by atoms with van der Waals surface area (Å²) in [6.45, 7) is 7.16. The second-order valence-corrected chi connectivity index (χ2v) is 26.9. The molecule has 0 saturated heterocycles. The summed E-state index contributed by atoms with van der Waals surface area (Å²) in [5, 5.41) is 10.5. The Labute approximate surface area is 511 Å². The lowest BCUT2D eigenvalue weighted by atomic mass is 10.0. The quantitative estimate of drug-likeness (QED) is 0.0222. The number of aliphatic hydroxyl groups excluding tert-OH is 1. The molecule has 0 aromatic rings. The predicted octanol–water partition coefficient (Wildman–Crippen LogP) is 18.2. The Morgan fingerprint density at radius 2 is 0.548 bits per heavy atom. The molecule has 0 radical (unpaired) electrons. The minimum Gasteiger partial charge on any atom is -0.462 e. The Kier molecular flexibility index (Phi) is 57.4. The topological polar surface area (TPSA) is 237 Å². The van der Waals surface area contributed by atoms with Crippen molar-refractivity contribution in [2.45, 2.75) is 348 Å². The van der Waals surface area contributed by atoms with E-state index in [1.165, 1.54) is 154 Å². The molecule has 19 heteroatoms. The summed E-state index contributed by atoms with van der Waals surface area (Å²) in [4.78, 5) is 72.2. The van der Waals surface area contributed by atoms with Gasteiger partial charge in [0.25, 0.3) is 0 Å². The molecule has 0 aliphatic heterocycles. The van der Waals surface area contributed by atoms with Crippen molar-refractivity contribution in [2.75, 3.05) is 39.6 Å². The van der Waals surface area contributed by atoms with Crippen LogP contribution in [0.25, 0.3) is 0 Å². The summed E-state index contributed by atoms with van der Waals surface area (Å²) >= 11 is 0. The minimum absolute atomic E-state index is 0.106. The number of esters is 4. The van der Waals surface area contributed by atoms with Crippen LogP contribution in [0.1, 0.15) is 330 Å². The largest absolute Gasteiger partial charge is 0.472 e. The molecule has 0 saturated carbocycles. The van der Waals surface area contributed by atoms with Gasteiger partial charge in [-0.1, -0.05) is 279 Å². The maximum Gasteiger partial charge on any atom is 0.472 e. The second-order valence-electron chi connectivity index (χ2n) is 24.0. The maximum atomic E-state index is 13.0. The third-order valence-corrected chi connectivity index (χ3v) is 16.9. The maximum absolute atomic E-state index is 13.0. The van der Waals surface area contributed by atoms with Crippen molar-refractivity contribution < 1.29 is 80.2 Å². The highest BCUT2D eigenvalue weighted by molar-refractivity contribution is 7.47. The number of carbonyl (C=O) groups is 4. The van der Waals surface area contributed by atoms with E-state index >= 15 is 0 Å². The van der Waals surface area contributed by atoms with Crippen molar-refractivity contribution >= 4 is 39.5 Å². The van der Waals surface area contributed by atoms with E-state index in [1.807, 2.05) is 0 Å². The molecule has 0 aromatic heterocycles. The lowest BCUT2D eigenvalue weighted by Crippen LogP contribution is -2.30. The molecule has 84 heavy (non-hydrogen) atoms. The van der Waals surface area contributed by atoms with Crippen LogP contribution in [0.5, 0.6) is 0 Å². The molecule has 498 valence electrons. The van der Waals surface area contributed by atoms with Gasteiger partial charge in [0.2, 0.25) is 0 Å². The van der Waals surface area contributed by atoms with Crippen LogP contribution in [0.4, 0.5) is 0 Å². The number of hydrogen-bond donors (Lipinski definition) is 3. The molecule has 5 atom stereocenters. The fourth-order valence-corrected chi connectivity index (χ4v) is 11.3. The van der Waals surface area contributed by atoms with Crippen molar-refractivity contribution in [3.8, 4) is 0 Å². The van der Waals surface area contributed by atoms with E-state index in [0.717, 1.165) is 95.8 Å². The molecule has 0 spiro atoms. The van der Waals surface area contributed by atoms with Gasteiger partial charge in [-0.05, 0) is 31.6 Å². The number of ether oxygens (including phenoxy) is 4. The standard InChI is InChI=1S/C65H126O17P2/c1-6-9-12-15-18-21-22-23-24-25-30-36-41-46-51-65(70)82-61(55-76-63(68)49-44-39-34-31-26-29-32-37-42-47-58(4)5)57-80-84(73,74)78-53-59(66)52-77-83(71,72)79-56-60(81-64(69)50-45-40-35-28-20-17-14-11-8-3)54-75-62(67)48-43-38-33-27-19-16-13-10-7-2/h58-61,66H,6-57H2,1-5H3,(H,71,72)(H,73,74)/t59-,60+,61+/m0/s1. The molecule has 2 unspecified atom stereocenters. The third-order valence-electron chi connectivity index (χ3n) is 15.0. The zero-order valence-corrected chi connectivity index (χ0v) is 55.8. The zero-order chi connectivity index (χ0) is 62.0. The molecule has 0 bridgehead atoms. The summed E-state index contributed by atoms with van der Waals surface area (Å²) in [5.41, 5.74) is 0. The lowest BCUT2D eigenvalue weighted by molar-refractivity contribution is -0.161. The zero-order valence-electron chi connectivity index (χ0n) is 54.0. The normalized spacial score (nSPS) is 14.2. The molecule has 0 aliphatic rings. The van der Waals surface area contributed by atoms with E-state index in [1.54, 1.807) is 0 Å². The predicted molar refractivity (Wildman–Crippen MR) is 335 cm³/mol. The van der Waals surface area contributed by atoms with Gasteiger partial charge in [-0.25, -0.2) is 9.13 Å². The molecule has 0 rings (SSSR count). The summed E-state index contributed by atoms with van der Waals surface area (Å²) in [7, 11) is -9.88. The Hall–Kier alpha value is -1.94. The van der Waals surface area contributed by atoms with Gasteiger partial charge in [0, 0.05) is 25.7 Å². The smallest absolute Gasteiger partial charge is 0.462 e. The number of phosphoric ester groups is 2. The van der Waals surface area contributed by atoms with E-state index in [2.05, 4.69) is 34.6 Å². The highest BCUT2D eigenvalue weighted by Crippen LogP contribution is 2.45. The van der Waals surface area contributed by atoms with Crippen LogP contribution in [0, 0.1) is 5.92 Å². The van der Waals surface area contributed by atoms with Crippen LogP contribution in [0.3, 0.4) is 0 Å². The van der Waals surface area contributed by atoms with Gasteiger partial charge in [-0.15, -0.1) is 0 Å². The van der Waals surface area contributed by atoms with Gasteiger partial charge < -0.3 is 33.8 Å². The number of unbranched alkanes of at least 4 members (excludes halogenated alkanes) is 37. The van der Waals surface area contributed by atoms with Gasteiger partial charge in [0.1, 0.15) is 19.3 Å². The van der Waals surface area contributed by atoms with E-state index in [0.29, 0.717) is 25.7 Å². The molecule has 0 aliphatic carbocycles. The van der Waals surface area contributed by atoms with Gasteiger partial charge >= 0.3 is 39.5 Å². The molecule has 0 heterocycles. The van der Waals surface area contributed by atoms with Crippen molar-refractivity contribution in [1.82, 2.24) is 0 Å². The van der Waals surface area contributed by atoms with Crippen LogP contribution in [-0.2, 0) is 65.4 Å². The summed E-state index contributed by atoms with van der Waals surface area (Å²) < 4.78 is 68.0. The first-order valence-electron chi connectivity index (χ1n) is 34.1. The average molecular weight is 1240 g/mol. The van der Waals surface area contributed by atoms with Gasteiger partial charge in [0.15, 0.2) is 12.2 Å². The fraction of sp³-hybridized carbons (Fsp3) is 0.938. The minimum atomic E-state index is -4.94. The molecule has 17 nitrogen and oxygen atoms in total. The third kappa shape index (κ3) is 59.0. The highest BCUT2D eigenvalue weighted by atomic mass is 31.2. The number of carbonyl (C=O) groups excluding carboxylic acids is 4. The van der Waals surface area contributed by atoms with Crippen LogP contribution in [0.15, 0.2) is 0 Å². The molecular weight excluding hydrogens is 1110 g/mol. The van der Waals surface area contributed by atoms with E-state index in [9.17, 15) is 43.2 Å². The monoisotopic (exact) mass is 1240 g/mol. The van der Waals surface area contributed by atoms with E-state index in [4.69, 9.17) is 37.0 Å². The van der Waals surface area contributed by atoms with Crippen LogP contribution >= 0.6 is 15.6 Å². The fourth-order valence-electron chi connectivity index (χ4n) is 9.76. The first-order valence-corrected chi connectivity index (χ1v) is 37.1. The highest BCUT2D eigenvalue weighted by Gasteiger charge is 2.30. The lowest BCUT2D eigenvalue weighted by Gasteiger charge is -2.21. The van der Waals surface area contributed by atoms with Crippen LogP contribution < -0.4 is 0 Å². The number of aliphatic hydroxyl groups is 1. The molecular formula is C65H126O17P2. The van der Waals surface area contributed by atoms with Crippen molar-refractivity contribution in [1.29, 1.82) is 0 Å². The Morgan fingerprint density at radius 1 is 0.321 bits per heavy atom. The van der Waals surface area contributed by atoms with Crippen molar-refractivity contribution in [3.63, 3.8) is 0 Å². The molecule has 0 amide bonds. The summed E-state index contributed by atoms with van der Waals surface area (Å²) in [6, 6.07) is 0. The number of hydrogen-bond acceptors (Lipinski definition) is 15. The average Bonchev–Trinajstić information content (AvgIpc) is 3.54. The Bertz CT molecular complexity index is 1640. The van der Waals surface area contributed by atoms with Crippen LogP contribution in [0.2, 0.25) is 0 Å². The molecule has 3 N–H and O–H groups in total. The van der Waals surface area contributed by atoms with Crippen molar-refractivity contribution in [2.24, 2.45) is 5.92 Å². The van der Waals surface area contributed by atoms with Crippen molar-refractivity contribution in [3.05, 3.63) is 0 Å². The van der Waals surface area contributed by atoms with Crippen LogP contribution in [-0.4, -0.2) is 96.7 Å². The summed E-state index contributed by atoms with van der Waals surface area (Å²) in [5.74, 6) is -1.39. The summed E-state index contributed by atoms with van der Waals surface area (Å²) in [6.07, 6.45) is 43.0. The van der Waals surface area contributed by atoms with E-state index < -0.39 is 97.5 Å². The van der Waals surface area contributed by atoms with Gasteiger partial charge in [-0.2, -0.15) is 0 Å². The molecule has 0 fully saturated rings. The van der Waals surface area contributed by atoms with Gasteiger partial charge in [0.05, 0.1) is 26.4 Å². The SMILES string of the molecule is CCCCCCCCCCCCCCCCC(=O)O[C@H](COC(=O)CCCCCCCCCCCC(C)C)COP(=O)(O)OC[C@@H](O)COP(=O)(O)OC[C@@H](COC(=O)CCCCCCCCCCC)OC(=O)CCCCCCCCCCC.